The lowest BCUT2D eigenvalue weighted by Gasteiger charge is -2.08. The van der Waals surface area contributed by atoms with Crippen LogP contribution in [0.2, 0.25) is 0 Å². The van der Waals surface area contributed by atoms with Gasteiger partial charge in [0.2, 0.25) is 0 Å². The minimum Gasteiger partial charge on any atom is -0.271 e. The zero-order chi connectivity index (χ0) is 17.0. The number of aryl methyl sites for hydroxylation is 1. The van der Waals surface area contributed by atoms with E-state index in [4.69, 9.17) is 10.8 Å². The first-order valence-corrected chi connectivity index (χ1v) is 6.26. The van der Waals surface area contributed by atoms with Crippen LogP contribution in [0.5, 0.6) is 0 Å². The van der Waals surface area contributed by atoms with Crippen molar-refractivity contribution in [2.75, 3.05) is 0 Å². The second-order valence-corrected chi connectivity index (χ2v) is 4.50. The fraction of sp³-hybridized carbons (Fsp3) is 0.231. The van der Waals surface area contributed by atoms with Crippen molar-refractivity contribution < 1.29 is 18.0 Å². The SMILES string of the molecule is N#Cc1cc(-c2ncn(CCC(=O)N=N)n2)cc(C(F)(F)F)c1. The van der Waals surface area contributed by atoms with Crippen LogP contribution < -0.4 is 0 Å². The van der Waals surface area contributed by atoms with Gasteiger partial charge in [0.1, 0.15) is 6.33 Å². The van der Waals surface area contributed by atoms with E-state index >= 15 is 0 Å². The zero-order valence-corrected chi connectivity index (χ0v) is 11.5. The molecule has 0 aliphatic rings. The molecule has 0 aliphatic heterocycles. The minimum absolute atomic E-state index is 0.00265. The van der Waals surface area contributed by atoms with Gasteiger partial charge in [-0.3, -0.25) is 9.48 Å². The molecule has 0 saturated carbocycles. The predicted molar refractivity (Wildman–Crippen MR) is 69.9 cm³/mol. The summed E-state index contributed by atoms with van der Waals surface area (Å²) in [5, 5.41) is 15.5. The predicted octanol–water partition coefficient (Wildman–Crippen LogP) is 2.78. The van der Waals surface area contributed by atoms with Crippen LogP contribution in [0.3, 0.4) is 0 Å². The van der Waals surface area contributed by atoms with Crippen LogP contribution in [0.1, 0.15) is 17.5 Å². The monoisotopic (exact) mass is 322 g/mol. The van der Waals surface area contributed by atoms with Crippen molar-refractivity contribution in [2.45, 2.75) is 19.1 Å². The molecule has 0 saturated heterocycles. The van der Waals surface area contributed by atoms with Crippen molar-refractivity contribution >= 4 is 5.91 Å². The number of carbonyl (C=O) groups excluding carboxylic acids is 1. The van der Waals surface area contributed by atoms with Gasteiger partial charge < -0.3 is 0 Å². The minimum atomic E-state index is -4.59. The number of benzene rings is 1. The second-order valence-electron chi connectivity index (χ2n) is 4.50. The molecule has 0 atom stereocenters. The van der Waals surface area contributed by atoms with E-state index < -0.39 is 17.6 Å². The molecule has 0 radical (unpaired) electrons. The molecule has 1 N–H and O–H groups in total. The summed E-state index contributed by atoms with van der Waals surface area (Å²) >= 11 is 0. The van der Waals surface area contributed by atoms with Gasteiger partial charge in [0.05, 0.1) is 30.2 Å². The standard InChI is InChI=1S/C13H9F3N6O/c14-13(15,16)10-4-8(6-17)3-9(5-10)12-19-7-22(21-12)2-1-11(23)20-18/h3-5,7,18H,1-2H2. The van der Waals surface area contributed by atoms with Gasteiger partial charge in [-0.2, -0.15) is 23.5 Å². The molecule has 1 aromatic heterocycles. The summed E-state index contributed by atoms with van der Waals surface area (Å²) in [5.74, 6) is -0.643. The number of alkyl halides is 3. The molecule has 1 amide bonds. The van der Waals surface area contributed by atoms with E-state index in [1.54, 1.807) is 6.07 Å². The van der Waals surface area contributed by atoms with Gasteiger partial charge in [0, 0.05) is 5.56 Å². The van der Waals surface area contributed by atoms with E-state index in [0.29, 0.717) is 0 Å². The summed E-state index contributed by atoms with van der Waals surface area (Å²) < 4.78 is 39.8. The van der Waals surface area contributed by atoms with Gasteiger partial charge >= 0.3 is 6.18 Å². The fourth-order valence-electron chi connectivity index (χ4n) is 1.79. The van der Waals surface area contributed by atoms with Crippen molar-refractivity contribution in [3.05, 3.63) is 35.7 Å². The molecule has 2 aromatic rings. The first-order chi connectivity index (χ1) is 10.8. The molecule has 0 aliphatic carbocycles. The lowest BCUT2D eigenvalue weighted by molar-refractivity contribution is -0.137. The average Bonchev–Trinajstić information content (AvgIpc) is 3.00. The smallest absolute Gasteiger partial charge is 0.271 e. The molecule has 1 heterocycles. The van der Waals surface area contributed by atoms with Crippen molar-refractivity contribution in [2.24, 2.45) is 5.11 Å². The second kappa shape index (κ2) is 6.35. The zero-order valence-electron chi connectivity index (χ0n) is 11.5. The Kier molecular flexibility index (Phi) is 4.49. The van der Waals surface area contributed by atoms with Crippen LogP contribution in [-0.2, 0) is 17.5 Å². The summed E-state index contributed by atoms with van der Waals surface area (Å²) in [6, 6.07) is 4.51. The normalized spacial score (nSPS) is 11.0. The van der Waals surface area contributed by atoms with Gasteiger partial charge in [-0.05, 0) is 18.2 Å². The van der Waals surface area contributed by atoms with E-state index in [2.05, 4.69) is 15.2 Å². The average molecular weight is 322 g/mol. The van der Waals surface area contributed by atoms with Crippen molar-refractivity contribution in [1.82, 2.24) is 14.8 Å². The first-order valence-electron chi connectivity index (χ1n) is 6.26. The topological polar surface area (TPSA) is 108 Å². The van der Waals surface area contributed by atoms with Gasteiger partial charge in [0.15, 0.2) is 5.82 Å². The van der Waals surface area contributed by atoms with Crippen LogP contribution in [0.15, 0.2) is 29.6 Å². The molecule has 7 nitrogen and oxygen atoms in total. The number of nitrogens with one attached hydrogen (secondary N) is 1. The molecule has 0 spiro atoms. The summed E-state index contributed by atoms with van der Waals surface area (Å²) in [4.78, 5) is 14.8. The third kappa shape index (κ3) is 3.97. The van der Waals surface area contributed by atoms with Gasteiger partial charge in [-0.25, -0.2) is 10.5 Å². The van der Waals surface area contributed by atoms with Crippen LogP contribution in [0, 0.1) is 16.9 Å². The largest absolute Gasteiger partial charge is 0.416 e. The molecular formula is C13H9F3N6O. The Hall–Kier alpha value is -3.09. The Morgan fingerprint density at radius 3 is 2.74 bits per heavy atom. The molecule has 2 rings (SSSR count). The number of amides is 1. The van der Waals surface area contributed by atoms with Gasteiger partial charge in [-0.1, -0.05) is 0 Å². The highest BCUT2D eigenvalue weighted by Crippen LogP contribution is 2.32. The molecule has 23 heavy (non-hydrogen) atoms. The van der Waals surface area contributed by atoms with Crippen molar-refractivity contribution in [1.29, 1.82) is 10.8 Å². The number of aromatic nitrogens is 3. The number of hydrogen-bond acceptors (Lipinski definition) is 5. The summed E-state index contributed by atoms with van der Waals surface area (Å²) in [6.45, 7) is 0.0955. The molecule has 118 valence electrons. The number of carbonyl (C=O) groups is 1. The van der Waals surface area contributed by atoms with E-state index in [-0.39, 0.29) is 29.9 Å². The molecular weight excluding hydrogens is 313 g/mol. The Balaban J connectivity index is 2.32. The number of halogens is 3. The Morgan fingerprint density at radius 1 is 1.39 bits per heavy atom. The summed E-state index contributed by atoms with van der Waals surface area (Å²) in [6.07, 6.45) is -3.41. The summed E-state index contributed by atoms with van der Waals surface area (Å²) in [5.41, 5.74) is 5.46. The molecule has 1 aromatic carbocycles. The fourth-order valence-corrected chi connectivity index (χ4v) is 1.79. The third-order valence-corrected chi connectivity index (χ3v) is 2.86. The highest BCUT2D eigenvalue weighted by atomic mass is 19.4. The third-order valence-electron chi connectivity index (χ3n) is 2.86. The maximum atomic E-state index is 12.8. The van der Waals surface area contributed by atoms with Crippen LogP contribution in [0.4, 0.5) is 13.2 Å². The van der Waals surface area contributed by atoms with Crippen molar-refractivity contribution in [3.8, 4) is 17.5 Å². The van der Waals surface area contributed by atoms with Crippen LogP contribution in [-0.4, -0.2) is 20.7 Å². The highest BCUT2D eigenvalue weighted by Gasteiger charge is 2.31. The lowest BCUT2D eigenvalue weighted by atomic mass is 10.1. The van der Waals surface area contributed by atoms with Gasteiger partial charge in [-0.15, -0.1) is 5.11 Å². The summed E-state index contributed by atoms with van der Waals surface area (Å²) in [7, 11) is 0. The molecule has 10 heteroatoms. The quantitative estimate of drug-likeness (QED) is 0.873. The van der Waals surface area contributed by atoms with Gasteiger partial charge in [0.25, 0.3) is 5.91 Å². The van der Waals surface area contributed by atoms with Crippen molar-refractivity contribution in [3.63, 3.8) is 0 Å². The number of nitriles is 1. The maximum absolute atomic E-state index is 12.8. The number of hydrogen-bond donors (Lipinski definition) is 1. The highest BCUT2D eigenvalue weighted by molar-refractivity contribution is 5.75. The van der Waals surface area contributed by atoms with E-state index in [9.17, 15) is 18.0 Å². The Bertz CT molecular complexity index is 790. The van der Waals surface area contributed by atoms with E-state index in [1.807, 2.05) is 0 Å². The van der Waals surface area contributed by atoms with Crippen LogP contribution in [0.25, 0.3) is 11.4 Å². The maximum Gasteiger partial charge on any atom is 0.416 e. The molecule has 0 fully saturated rings. The first kappa shape index (κ1) is 16.3. The number of nitrogens with zero attached hydrogens (tertiary/aromatic N) is 5. The number of rotatable bonds is 4. The Labute approximate surface area is 127 Å². The Morgan fingerprint density at radius 2 is 2.13 bits per heavy atom. The van der Waals surface area contributed by atoms with E-state index in [0.717, 1.165) is 12.1 Å². The van der Waals surface area contributed by atoms with Crippen LogP contribution >= 0.6 is 0 Å². The molecule has 0 unspecified atom stereocenters. The van der Waals surface area contributed by atoms with E-state index in [1.165, 1.54) is 17.1 Å². The molecule has 0 bridgehead atoms. The lowest BCUT2D eigenvalue weighted by Crippen LogP contribution is -2.06.